The summed E-state index contributed by atoms with van der Waals surface area (Å²) in [6, 6.07) is -1.20. The summed E-state index contributed by atoms with van der Waals surface area (Å²) in [5.74, 6) is -0.527. The van der Waals surface area contributed by atoms with Gasteiger partial charge >= 0.3 is 0 Å². The second-order valence-corrected chi connectivity index (χ2v) is 7.52. The van der Waals surface area contributed by atoms with Crippen LogP contribution in [0.25, 0.3) is 0 Å². The predicted octanol–water partition coefficient (Wildman–Crippen LogP) is 1.01. The van der Waals surface area contributed by atoms with Gasteiger partial charge in [-0.1, -0.05) is 20.8 Å². The number of ketones is 1. The fourth-order valence-electron chi connectivity index (χ4n) is 3.07. The molecule has 2 N–H and O–H groups in total. The Balaban J connectivity index is 2.65. The highest BCUT2D eigenvalue weighted by molar-refractivity contribution is 5.93. The van der Waals surface area contributed by atoms with Gasteiger partial charge < -0.3 is 15.5 Å². The van der Waals surface area contributed by atoms with Crippen LogP contribution in [0, 0.1) is 5.41 Å². The fourth-order valence-corrected chi connectivity index (χ4v) is 3.07. The number of likely N-dealkylation sites (N-methyl/N-ethyl adjacent to an activating group) is 2. The zero-order valence-electron chi connectivity index (χ0n) is 16.0. The highest BCUT2D eigenvalue weighted by Crippen LogP contribution is 2.26. The van der Waals surface area contributed by atoms with Gasteiger partial charge in [0, 0.05) is 32.4 Å². The SMILES string of the molecule is CNC(=O)C1CC[C@@H](C(=O)NC)N1C(=O)CCCCC(=O)C(C)(C)C. The minimum Gasteiger partial charge on any atom is -0.357 e. The molecule has 1 fully saturated rings. The first-order valence-electron chi connectivity index (χ1n) is 8.91. The molecule has 0 radical (unpaired) electrons. The Bertz CT molecular complexity index is 501. The van der Waals surface area contributed by atoms with Crippen LogP contribution >= 0.6 is 0 Å². The summed E-state index contributed by atoms with van der Waals surface area (Å²) in [5.41, 5.74) is -0.367. The van der Waals surface area contributed by atoms with Gasteiger partial charge in [0.05, 0.1) is 0 Å². The van der Waals surface area contributed by atoms with Crippen LogP contribution < -0.4 is 10.6 Å². The van der Waals surface area contributed by atoms with Crippen LogP contribution in [0.1, 0.15) is 59.3 Å². The molecule has 1 aliphatic rings. The van der Waals surface area contributed by atoms with Crippen molar-refractivity contribution >= 4 is 23.5 Å². The van der Waals surface area contributed by atoms with E-state index in [2.05, 4.69) is 10.6 Å². The van der Waals surface area contributed by atoms with E-state index in [4.69, 9.17) is 0 Å². The first kappa shape index (κ1) is 21.1. The Morgan fingerprint density at radius 2 is 1.32 bits per heavy atom. The zero-order chi connectivity index (χ0) is 19.2. The van der Waals surface area contributed by atoms with E-state index in [0.717, 1.165) is 0 Å². The molecule has 7 heteroatoms. The normalized spacial score (nSPS) is 20.3. The fraction of sp³-hybridized carbons (Fsp3) is 0.778. The number of unbranched alkanes of at least 4 members (excludes halogenated alkanes) is 1. The molecule has 2 atom stereocenters. The molecule has 142 valence electrons. The van der Waals surface area contributed by atoms with Gasteiger partial charge in [-0.25, -0.2) is 0 Å². The standard InChI is InChI=1S/C18H31N3O4/c1-18(2,3)14(22)8-6-7-9-15(23)21-12(16(24)19-4)10-11-13(21)17(25)20-5/h12-13H,6-11H2,1-5H3,(H,19,24)(H,20,25)/t12-,13?/m0/s1. The van der Waals surface area contributed by atoms with Gasteiger partial charge in [0.1, 0.15) is 17.9 Å². The van der Waals surface area contributed by atoms with E-state index in [-0.39, 0.29) is 35.3 Å². The number of amides is 3. The van der Waals surface area contributed by atoms with Crippen LogP contribution in [0.4, 0.5) is 0 Å². The molecule has 0 aromatic carbocycles. The van der Waals surface area contributed by atoms with Crippen molar-refractivity contribution in [2.45, 2.75) is 71.4 Å². The summed E-state index contributed by atoms with van der Waals surface area (Å²) in [5, 5.41) is 5.12. The summed E-state index contributed by atoms with van der Waals surface area (Å²) < 4.78 is 0. The van der Waals surface area contributed by atoms with Gasteiger partial charge in [0.25, 0.3) is 0 Å². The highest BCUT2D eigenvalue weighted by Gasteiger charge is 2.43. The number of rotatable bonds is 7. The molecule has 0 spiro atoms. The molecule has 1 rings (SSSR count). The van der Waals surface area contributed by atoms with Crippen molar-refractivity contribution < 1.29 is 19.2 Å². The first-order chi connectivity index (χ1) is 11.6. The Morgan fingerprint density at radius 1 is 0.880 bits per heavy atom. The van der Waals surface area contributed by atoms with E-state index in [0.29, 0.717) is 32.1 Å². The summed E-state index contributed by atoms with van der Waals surface area (Å²) in [7, 11) is 3.05. The van der Waals surface area contributed by atoms with Crippen LogP contribution in [0.2, 0.25) is 0 Å². The minimum atomic E-state index is -0.601. The van der Waals surface area contributed by atoms with E-state index in [1.54, 1.807) is 0 Å². The molecule has 1 unspecified atom stereocenters. The second kappa shape index (κ2) is 8.97. The third-order valence-electron chi connectivity index (χ3n) is 4.65. The van der Waals surface area contributed by atoms with Crippen molar-refractivity contribution in [2.24, 2.45) is 5.41 Å². The lowest BCUT2D eigenvalue weighted by Crippen LogP contribution is -2.52. The van der Waals surface area contributed by atoms with Crippen molar-refractivity contribution in [2.75, 3.05) is 14.1 Å². The van der Waals surface area contributed by atoms with Gasteiger partial charge in [-0.05, 0) is 25.7 Å². The predicted molar refractivity (Wildman–Crippen MR) is 94.7 cm³/mol. The number of carbonyl (C=O) groups excluding carboxylic acids is 4. The number of carbonyl (C=O) groups is 4. The summed E-state index contributed by atoms with van der Waals surface area (Å²) in [4.78, 5) is 50.0. The lowest BCUT2D eigenvalue weighted by atomic mass is 9.88. The molecular formula is C18H31N3O4. The van der Waals surface area contributed by atoms with Crippen molar-refractivity contribution in [1.82, 2.24) is 15.5 Å². The van der Waals surface area contributed by atoms with Crippen molar-refractivity contribution in [3.05, 3.63) is 0 Å². The van der Waals surface area contributed by atoms with Crippen molar-refractivity contribution in [3.8, 4) is 0 Å². The summed E-state index contributed by atoms with van der Waals surface area (Å²) in [6.45, 7) is 5.64. The van der Waals surface area contributed by atoms with Crippen LogP contribution in [0.5, 0.6) is 0 Å². The number of nitrogens with zero attached hydrogens (tertiary/aromatic N) is 1. The molecule has 7 nitrogen and oxygen atoms in total. The van der Waals surface area contributed by atoms with Gasteiger partial charge in [0.15, 0.2) is 0 Å². The Labute approximate surface area is 149 Å². The molecule has 3 amide bonds. The summed E-state index contributed by atoms with van der Waals surface area (Å²) >= 11 is 0. The number of hydrogen-bond donors (Lipinski definition) is 2. The molecule has 0 aliphatic carbocycles. The zero-order valence-corrected chi connectivity index (χ0v) is 16.0. The molecule has 0 saturated carbocycles. The molecule has 0 aromatic heterocycles. The van der Waals surface area contributed by atoms with Gasteiger partial charge in [-0.2, -0.15) is 0 Å². The Kier molecular flexibility index (Phi) is 7.58. The minimum absolute atomic E-state index is 0.174. The lowest BCUT2D eigenvalue weighted by molar-refractivity contribution is -0.144. The van der Waals surface area contributed by atoms with E-state index in [9.17, 15) is 19.2 Å². The van der Waals surface area contributed by atoms with Gasteiger partial charge in [-0.15, -0.1) is 0 Å². The molecule has 0 bridgehead atoms. The third-order valence-corrected chi connectivity index (χ3v) is 4.65. The highest BCUT2D eigenvalue weighted by atomic mass is 16.2. The molecule has 1 aliphatic heterocycles. The summed E-state index contributed by atoms with van der Waals surface area (Å²) in [6.07, 6.45) is 2.83. The molecule has 1 heterocycles. The molecule has 1 saturated heterocycles. The van der Waals surface area contributed by atoms with Gasteiger partial charge in [-0.3, -0.25) is 19.2 Å². The van der Waals surface area contributed by atoms with Crippen LogP contribution in [-0.2, 0) is 19.2 Å². The van der Waals surface area contributed by atoms with Crippen LogP contribution in [-0.4, -0.2) is 54.6 Å². The third kappa shape index (κ3) is 5.54. The lowest BCUT2D eigenvalue weighted by Gasteiger charge is -2.28. The van der Waals surface area contributed by atoms with Crippen LogP contribution in [0.15, 0.2) is 0 Å². The quantitative estimate of drug-likeness (QED) is 0.668. The molecule has 0 aromatic rings. The number of hydrogen-bond acceptors (Lipinski definition) is 4. The van der Waals surface area contributed by atoms with Crippen LogP contribution in [0.3, 0.4) is 0 Å². The van der Waals surface area contributed by atoms with E-state index in [1.807, 2.05) is 20.8 Å². The van der Waals surface area contributed by atoms with Crippen molar-refractivity contribution in [1.29, 1.82) is 0 Å². The number of nitrogens with one attached hydrogen (secondary N) is 2. The monoisotopic (exact) mass is 353 g/mol. The molecule has 25 heavy (non-hydrogen) atoms. The maximum Gasteiger partial charge on any atom is 0.242 e. The maximum absolute atomic E-state index is 12.6. The van der Waals surface area contributed by atoms with E-state index >= 15 is 0 Å². The number of likely N-dealkylation sites (tertiary alicyclic amines) is 1. The Morgan fingerprint density at radius 3 is 1.72 bits per heavy atom. The smallest absolute Gasteiger partial charge is 0.242 e. The largest absolute Gasteiger partial charge is 0.357 e. The van der Waals surface area contributed by atoms with Crippen molar-refractivity contribution in [3.63, 3.8) is 0 Å². The second-order valence-electron chi connectivity index (χ2n) is 7.52. The van der Waals surface area contributed by atoms with E-state index < -0.39 is 12.1 Å². The first-order valence-corrected chi connectivity index (χ1v) is 8.91. The maximum atomic E-state index is 12.6. The topological polar surface area (TPSA) is 95.6 Å². The average Bonchev–Trinajstić information content (AvgIpc) is 3.00. The molecular weight excluding hydrogens is 322 g/mol. The van der Waals surface area contributed by atoms with E-state index in [1.165, 1.54) is 19.0 Å². The number of Topliss-reactive ketones (excluding diaryl/α,β-unsaturated/α-hetero) is 1. The van der Waals surface area contributed by atoms with Gasteiger partial charge in [0.2, 0.25) is 17.7 Å². The average molecular weight is 353 g/mol. The Hall–Kier alpha value is -1.92.